The van der Waals surface area contributed by atoms with E-state index in [0.717, 1.165) is 18.2 Å². The minimum atomic E-state index is -0.505. The number of rotatable bonds is 4. The highest BCUT2D eigenvalue weighted by Gasteiger charge is 2.09. The van der Waals surface area contributed by atoms with Crippen LogP contribution in [0, 0.1) is 11.6 Å². The van der Waals surface area contributed by atoms with Crippen molar-refractivity contribution < 1.29 is 14.0 Å². The fourth-order valence-electron chi connectivity index (χ4n) is 1.13. The lowest BCUT2D eigenvalue weighted by Crippen LogP contribution is -2.38. The van der Waals surface area contributed by atoms with Gasteiger partial charge in [-0.2, -0.15) is 0 Å². The summed E-state index contributed by atoms with van der Waals surface area (Å²) in [5.74, 6) is -1.02. The molecule has 1 atom stereocenters. The Morgan fingerprint density at radius 2 is 2.25 bits per heavy atom. The first kappa shape index (κ1) is 12.4. The summed E-state index contributed by atoms with van der Waals surface area (Å²) in [5.41, 5.74) is 5.51. The van der Waals surface area contributed by atoms with Gasteiger partial charge in [0.05, 0.1) is 6.04 Å². The molecule has 0 spiro atoms. The van der Waals surface area contributed by atoms with E-state index in [1.54, 1.807) is 6.92 Å². The van der Waals surface area contributed by atoms with Gasteiger partial charge in [-0.3, -0.25) is 0 Å². The van der Waals surface area contributed by atoms with Crippen molar-refractivity contribution in [2.24, 2.45) is 10.9 Å². The molecule has 0 saturated carbocycles. The monoisotopic (exact) mass is 229 g/mol. The van der Waals surface area contributed by atoms with Crippen LogP contribution in [0.5, 0.6) is 0 Å². The van der Waals surface area contributed by atoms with E-state index in [9.17, 15) is 8.78 Å². The van der Waals surface area contributed by atoms with Gasteiger partial charge in [0.2, 0.25) is 0 Å². The van der Waals surface area contributed by atoms with Gasteiger partial charge in [0.15, 0.2) is 5.84 Å². The fraction of sp³-hybridized carbons (Fsp3) is 0.300. The summed E-state index contributed by atoms with van der Waals surface area (Å²) in [4.78, 5) is 0. The first-order chi connectivity index (χ1) is 7.54. The van der Waals surface area contributed by atoms with Gasteiger partial charge in [0.25, 0.3) is 0 Å². The zero-order valence-electron chi connectivity index (χ0n) is 8.74. The van der Waals surface area contributed by atoms with Crippen molar-refractivity contribution in [2.75, 3.05) is 0 Å². The number of hydrogen-bond donors (Lipinski definition) is 3. The average molecular weight is 229 g/mol. The molecule has 0 aliphatic carbocycles. The predicted octanol–water partition coefficient (Wildman–Crippen LogP) is 1.19. The molecule has 0 saturated heterocycles. The molecule has 1 rings (SSSR count). The summed E-state index contributed by atoms with van der Waals surface area (Å²) < 4.78 is 26.0. The van der Waals surface area contributed by atoms with Crippen LogP contribution in [0.15, 0.2) is 23.4 Å². The van der Waals surface area contributed by atoms with Crippen LogP contribution in [0.1, 0.15) is 12.5 Å². The summed E-state index contributed by atoms with van der Waals surface area (Å²) in [6.07, 6.45) is 0. The highest BCUT2D eigenvalue weighted by atomic mass is 19.1. The molecule has 0 aliphatic rings. The van der Waals surface area contributed by atoms with E-state index in [2.05, 4.69) is 10.5 Å². The third kappa shape index (κ3) is 3.16. The minimum absolute atomic E-state index is 0.0168. The number of halogens is 2. The Morgan fingerprint density at radius 3 is 2.88 bits per heavy atom. The normalized spacial score (nSPS) is 13.8. The molecule has 0 amide bonds. The first-order valence-corrected chi connectivity index (χ1v) is 4.69. The van der Waals surface area contributed by atoms with E-state index >= 15 is 0 Å². The van der Waals surface area contributed by atoms with E-state index < -0.39 is 17.7 Å². The Labute approximate surface area is 91.8 Å². The van der Waals surface area contributed by atoms with Gasteiger partial charge in [-0.1, -0.05) is 5.16 Å². The Hall–Kier alpha value is -1.69. The maximum atomic E-state index is 13.2. The number of nitrogens with one attached hydrogen (secondary N) is 1. The molecule has 4 nitrogen and oxygen atoms in total. The molecule has 0 bridgehead atoms. The van der Waals surface area contributed by atoms with Gasteiger partial charge in [-0.25, -0.2) is 8.78 Å². The molecular weight excluding hydrogens is 216 g/mol. The van der Waals surface area contributed by atoms with Crippen LogP contribution >= 0.6 is 0 Å². The SMILES string of the molecule is CC(NCc1cc(F)ccc1F)C(N)=NO. The highest BCUT2D eigenvalue weighted by Crippen LogP contribution is 2.09. The minimum Gasteiger partial charge on any atom is -0.409 e. The number of nitrogens with two attached hydrogens (primary N) is 1. The van der Waals surface area contributed by atoms with Gasteiger partial charge >= 0.3 is 0 Å². The largest absolute Gasteiger partial charge is 0.409 e. The van der Waals surface area contributed by atoms with Crippen molar-refractivity contribution in [1.29, 1.82) is 0 Å². The van der Waals surface area contributed by atoms with Crippen molar-refractivity contribution in [3.63, 3.8) is 0 Å². The second-order valence-corrected chi connectivity index (χ2v) is 3.36. The molecule has 16 heavy (non-hydrogen) atoms. The molecule has 4 N–H and O–H groups in total. The highest BCUT2D eigenvalue weighted by molar-refractivity contribution is 5.84. The Bertz CT molecular complexity index is 396. The summed E-state index contributed by atoms with van der Waals surface area (Å²) in [7, 11) is 0. The molecule has 1 unspecified atom stereocenters. The Morgan fingerprint density at radius 1 is 1.56 bits per heavy atom. The lowest BCUT2D eigenvalue weighted by Gasteiger charge is -2.12. The van der Waals surface area contributed by atoms with Crippen LogP contribution in [0.2, 0.25) is 0 Å². The average Bonchev–Trinajstić information content (AvgIpc) is 2.28. The smallest absolute Gasteiger partial charge is 0.156 e. The second-order valence-electron chi connectivity index (χ2n) is 3.36. The lowest BCUT2D eigenvalue weighted by molar-refractivity contribution is 0.315. The van der Waals surface area contributed by atoms with Gasteiger partial charge in [0.1, 0.15) is 11.6 Å². The summed E-state index contributed by atoms with van der Waals surface area (Å²) >= 11 is 0. The quantitative estimate of drug-likeness (QED) is 0.314. The van der Waals surface area contributed by atoms with Crippen LogP contribution in [0.4, 0.5) is 8.78 Å². The Kier molecular flexibility index (Phi) is 4.19. The van der Waals surface area contributed by atoms with Crippen LogP contribution in [0.25, 0.3) is 0 Å². The zero-order valence-corrected chi connectivity index (χ0v) is 8.74. The summed E-state index contributed by atoms with van der Waals surface area (Å²) in [6, 6.07) is 2.78. The third-order valence-corrected chi connectivity index (χ3v) is 2.17. The molecule has 88 valence electrons. The third-order valence-electron chi connectivity index (χ3n) is 2.17. The topological polar surface area (TPSA) is 70.6 Å². The van der Waals surface area contributed by atoms with Crippen LogP contribution < -0.4 is 11.1 Å². The van der Waals surface area contributed by atoms with Crippen LogP contribution in [0.3, 0.4) is 0 Å². The van der Waals surface area contributed by atoms with E-state index in [1.165, 1.54) is 0 Å². The molecule has 6 heteroatoms. The number of oxime groups is 1. The van der Waals surface area contributed by atoms with Gasteiger partial charge in [-0.05, 0) is 25.1 Å². The molecule has 1 aromatic rings. The maximum Gasteiger partial charge on any atom is 0.156 e. The van der Waals surface area contributed by atoms with E-state index in [-0.39, 0.29) is 17.9 Å². The summed E-state index contributed by atoms with van der Waals surface area (Å²) in [5, 5.41) is 14.0. The van der Waals surface area contributed by atoms with Crippen molar-refractivity contribution in [1.82, 2.24) is 5.32 Å². The van der Waals surface area contributed by atoms with Gasteiger partial charge in [0, 0.05) is 12.1 Å². The predicted molar refractivity (Wildman–Crippen MR) is 56.1 cm³/mol. The maximum absolute atomic E-state index is 13.2. The standard InChI is InChI=1S/C10H13F2N3O/c1-6(10(13)15-16)14-5-7-4-8(11)2-3-9(7)12/h2-4,6,14,16H,5H2,1H3,(H2,13,15). The molecule has 1 aromatic carbocycles. The number of amidine groups is 1. The van der Waals surface area contributed by atoms with Crippen molar-refractivity contribution in [2.45, 2.75) is 19.5 Å². The van der Waals surface area contributed by atoms with E-state index in [0.29, 0.717) is 0 Å². The number of nitrogens with zero attached hydrogens (tertiary/aromatic N) is 1. The van der Waals surface area contributed by atoms with Crippen LogP contribution in [-0.2, 0) is 6.54 Å². The van der Waals surface area contributed by atoms with Crippen LogP contribution in [-0.4, -0.2) is 17.1 Å². The van der Waals surface area contributed by atoms with E-state index in [1.807, 2.05) is 0 Å². The molecular formula is C10H13F2N3O. The zero-order chi connectivity index (χ0) is 12.1. The van der Waals surface area contributed by atoms with Gasteiger partial charge in [-0.15, -0.1) is 0 Å². The van der Waals surface area contributed by atoms with Crippen molar-refractivity contribution in [3.8, 4) is 0 Å². The number of hydrogen-bond acceptors (Lipinski definition) is 3. The van der Waals surface area contributed by atoms with Crippen molar-refractivity contribution in [3.05, 3.63) is 35.4 Å². The molecule has 0 heterocycles. The first-order valence-electron chi connectivity index (χ1n) is 4.69. The van der Waals surface area contributed by atoms with Gasteiger partial charge < -0.3 is 16.3 Å². The Balaban J connectivity index is 2.64. The molecule has 0 fully saturated rings. The lowest BCUT2D eigenvalue weighted by atomic mass is 10.2. The molecule has 0 aromatic heterocycles. The fourth-order valence-corrected chi connectivity index (χ4v) is 1.13. The summed E-state index contributed by atoms with van der Waals surface area (Å²) in [6.45, 7) is 1.74. The van der Waals surface area contributed by atoms with E-state index in [4.69, 9.17) is 10.9 Å². The molecule has 0 aliphatic heterocycles. The molecule has 0 radical (unpaired) electrons. The number of benzene rings is 1. The van der Waals surface area contributed by atoms with Crippen molar-refractivity contribution >= 4 is 5.84 Å². The second kappa shape index (κ2) is 5.41.